The third kappa shape index (κ3) is 5.11. The van der Waals surface area contributed by atoms with E-state index in [4.69, 9.17) is 4.74 Å². The molecule has 1 aliphatic heterocycles. The van der Waals surface area contributed by atoms with Crippen LogP contribution < -0.4 is 5.32 Å². The van der Waals surface area contributed by atoms with Crippen molar-refractivity contribution in [2.75, 3.05) is 24.2 Å². The molecule has 6 nitrogen and oxygen atoms in total. The van der Waals surface area contributed by atoms with Gasteiger partial charge in [0, 0.05) is 36.6 Å². The van der Waals surface area contributed by atoms with E-state index in [9.17, 15) is 4.79 Å². The van der Waals surface area contributed by atoms with Gasteiger partial charge in [-0.3, -0.25) is 4.79 Å². The molecule has 1 aliphatic rings. The van der Waals surface area contributed by atoms with Crippen LogP contribution in [0.3, 0.4) is 0 Å². The maximum Gasteiger partial charge on any atom is 0.206 e. The summed E-state index contributed by atoms with van der Waals surface area (Å²) in [5.41, 5.74) is 4.13. The summed E-state index contributed by atoms with van der Waals surface area (Å²) in [6, 6.07) is 12.3. The fourth-order valence-electron chi connectivity index (χ4n) is 3.64. The van der Waals surface area contributed by atoms with Crippen LogP contribution in [-0.2, 0) is 11.3 Å². The first-order valence-corrected chi connectivity index (χ1v) is 12.0. The Kier molecular flexibility index (Phi) is 6.86. The highest BCUT2D eigenvalue weighted by atomic mass is 32.2. The number of nitrogens with one attached hydrogen (secondary N) is 1. The molecular weight excluding hydrogens is 416 g/mol. The third-order valence-electron chi connectivity index (χ3n) is 5.30. The predicted molar refractivity (Wildman–Crippen MR) is 122 cm³/mol. The first kappa shape index (κ1) is 21.1. The lowest BCUT2D eigenvalue weighted by Crippen LogP contribution is -2.18. The zero-order valence-corrected chi connectivity index (χ0v) is 18.9. The second-order valence-electron chi connectivity index (χ2n) is 7.46. The Morgan fingerprint density at radius 3 is 2.90 bits per heavy atom. The summed E-state index contributed by atoms with van der Waals surface area (Å²) in [5, 5.41) is 12.4. The maximum absolute atomic E-state index is 12.9. The SMILES string of the molecule is Cc1cc(C(=O)CSc2nnc(NCC3CCCO3)s2)c(C)n1Cc1ccccc1. The summed E-state index contributed by atoms with van der Waals surface area (Å²) < 4.78 is 8.61. The number of hydrogen-bond acceptors (Lipinski definition) is 7. The van der Waals surface area contributed by atoms with Crippen LogP contribution in [0.25, 0.3) is 0 Å². The van der Waals surface area contributed by atoms with Crippen molar-refractivity contribution < 1.29 is 9.53 Å². The number of rotatable bonds is 9. The second kappa shape index (κ2) is 9.76. The average Bonchev–Trinajstić information content (AvgIpc) is 3.49. The van der Waals surface area contributed by atoms with Crippen molar-refractivity contribution in [3.63, 3.8) is 0 Å². The van der Waals surface area contributed by atoms with Gasteiger partial charge in [0.15, 0.2) is 10.1 Å². The van der Waals surface area contributed by atoms with Crippen LogP contribution in [0.2, 0.25) is 0 Å². The number of carbonyl (C=O) groups excluding carboxylic acids is 1. The summed E-state index contributed by atoms with van der Waals surface area (Å²) in [6.07, 6.45) is 2.47. The largest absolute Gasteiger partial charge is 0.376 e. The van der Waals surface area contributed by atoms with Crippen LogP contribution in [0.15, 0.2) is 40.7 Å². The topological polar surface area (TPSA) is 69.0 Å². The minimum Gasteiger partial charge on any atom is -0.376 e. The van der Waals surface area contributed by atoms with Crippen LogP contribution >= 0.6 is 23.1 Å². The van der Waals surface area contributed by atoms with E-state index in [1.165, 1.54) is 28.7 Å². The second-order valence-corrected chi connectivity index (χ2v) is 9.66. The summed E-state index contributed by atoms with van der Waals surface area (Å²) in [6.45, 7) is 6.45. The molecule has 3 aromatic rings. The van der Waals surface area contributed by atoms with Gasteiger partial charge >= 0.3 is 0 Å². The Balaban J connectivity index is 1.33. The Morgan fingerprint density at radius 1 is 1.30 bits per heavy atom. The maximum atomic E-state index is 12.9. The molecule has 4 rings (SSSR count). The van der Waals surface area contributed by atoms with Crippen LogP contribution in [-0.4, -0.2) is 45.6 Å². The van der Waals surface area contributed by atoms with Crippen molar-refractivity contribution >= 4 is 34.0 Å². The number of hydrogen-bond donors (Lipinski definition) is 1. The molecule has 0 saturated carbocycles. The first-order chi connectivity index (χ1) is 14.6. The van der Waals surface area contributed by atoms with Gasteiger partial charge in [0.2, 0.25) is 5.13 Å². The lowest BCUT2D eigenvalue weighted by molar-refractivity contribution is 0.102. The number of aryl methyl sites for hydroxylation is 1. The molecule has 1 fully saturated rings. The highest BCUT2D eigenvalue weighted by Gasteiger charge is 2.18. The highest BCUT2D eigenvalue weighted by molar-refractivity contribution is 8.01. The molecule has 1 unspecified atom stereocenters. The molecule has 3 heterocycles. The van der Waals surface area contributed by atoms with Gasteiger partial charge < -0.3 is 14.6 Å². The molecular formula is C22H26N4O2S2. The zero-order chi connectivity index (χ0) is 20.9. The smallest absolute Gasteiger partial charge is 0.206 e. The van der Waals surface area contributed by atoms with Crippen molar-refractivity contribution in [2.24, 2.45) is 0 Å². The van der Waals surface area contributed by atoms with Crippen LogP contribution in [0.4, 0.5) is 5.13 Å². The van der Waals surface area contributed by atoms with E-state index in [-0.39, 0.29) is 11.9 Å². The Bertz CT molecular complexity index is 994. The molecule has 0 aliphatic carbocycles. The molecule has 8 heteroatoms. The molecule has 1 aromatic carbocycles. The van der Waals surface area contributed by atoms with Gasteiger partial charge in [-0.1, -0.05) is 53.4 Å². The molecule has 1 N–H and O–H groups in total. The van der Waals surface area contributed by atoms with Gasteiger partial charge in [-0.2, -0.15) is 0 Å². The molecule has 1 atom stereocenters. The van der Waals surface area contributed by atoms with Crippen LogP contribution in [0.1, 0.15) is 40.2 Å². The van der Waals surface area contributed by atoms with E-state index in [0.717, 1.165) is 59.0 Å². The van der Waals surface area contributed by atoms with Gasteiger partial charge in [-0.25, -0.2) is 0 Å². The molecule has 0 spiro atoms. The fraction of sp³-hybridized carbons (Fsp3) is 0.409. The van der Waals surface area contributed by atoms with E-state index in [0.29, 0.717) is 5.75 Å². The number of aromatic nitrogens is 3. The zero-order valence-electron chi connectivity index (χ0n) is 17.3. The molecule has 158 valence electrons. The number of Topliss-reactive ketones (excluding diaryl/α,β-unsaturated/α-hetero) is 1. The standard InChI is InChI=1S/C22H26N4O2S2/c1-15-11-19(16(2)26(15)13-17-7-4-3-5-8-17)20(27)14-29-22-25-24-21(30-22)23-12-18-9-6-10-28-18/h3-5,7-8,11,18H,6,9-10,12-14H2,1-2H3,(H,23,24). The Labute approximate surface area is 185 Å². The minimum atomic E-state index is 0.122. The van der Waals surface area contributed by atoms with E-state index < -0.39 is 0 Å². The lowest BCUT2D eigenvalue weighted by atomic mass is 10.2. The van der Waals surface area contributed by atoms with E-state index in [1.54, 1.807) is 0 Å². The first-order valence-electron chi connectivity index (χ1n) is 10.2. The van der Waals surface area contributed by atoms with Crippen molar-refractivity contribution in [3.05, 3.63) is 58.9 Å². The quantitative estimate of drug-likeness (QED) is 0.387. The fourth-order valence-corrected chi connectivity index (χ4v) is 5.29. The molecule has 0 amide bonds. The number of nitrogens with zero attached hydrogens (tertiary/aromatic N) is 3. The van der Waals surface area contributed by atoms with Gasteiger partial charge in [-0.15, -0.1) is 10.2 Å². The Morgan fingerprint density at radius 2 is 2.13 bits per heavy atom. The van der Waals surface area contributed by atoms with Crippen molar-refractivity contribution in [1.82, 2.24) is 14.8 Å². The summed E-state index contributed by atoms with van der Waals surface area (Å²) in [5.74, 6) is 0.479. The highest BCUT2D eigenvalue weighted by Crippen LogP contribution is 2.27. The normalized spacial score (nSPS) is 16.1. The number of benzene rings is 1. The molecule has 30 heavy (non-hydrogen) atoms. The van der Waals surface area contributed by atoms with E-state index in [1.807, 2.05) is 31.2 Å². The number of thioether (sulfide) groups is 1. The summed E-state index contributed by atoms with van der Waals surface area (Å²) in [7, 11) is 0. The van der Waals surface area contributed by atoms with Crippen molar-refractivity contribution in [3.8, 4) is 0 Å². The summed E-state index contributed by atoms with van der Waals surface area (Å²) >= 11 is 2.93. The van der Waals surface area contributed by atoms with Crippen LogP contribution in [0.5, 0.6) is 0 Å². The Hall–Kier alpha value is -2.16. The van der Waals surface area contributed by atoms with Crippen LogP contribution in [0, 0.1) is 13.8 Å². The number of ketones is 1. The van der Waals surface area contributed by atoms with Gasteiger partial charge in [0.25, 0.3) is 0 Å². The number of anilines is 1. The molecule has 2 aromatic heterocycles. The number of carbonyl (C=O) groups is 1. The molecule has 1 saturated heterocycles. The van der Waals surface area contributed by atoms with Gasteiger partial charge in [0.1, 0.15) is 0 Å². The third-order valence-corrected chi connectivity index (χ3v) is 7.31. The number of ether oxygens (including phenoxy) is 1. The van der Waals surface area contributed by atoms with E-state index in [2.05, 4.69) is 39.1 Å². The van der Waals surface area contributed by atoms with Crippen molar-refractivity contribution in [1.29, 1.82) is 0 Å². The summed E-state index contributed by atoms with van der Waals surface area (Å²) in [4.78, 5) is 12.9. The molecule has 0 radical (unpaired) electrons. The molecule has 0 bridgehead atoms. The average molecular weight is 443 g/mol. The monoisotopic (exact) mass is 442 g/mol. The minimum absolute atomic E-state index is 0.122. The van der Waals surface area contributed by atoms with Gasteiger partial charge in [-0.05, 0) is 38.3 Å². The lowest BCUT2D eigenvalue weighted by Gasteiger charge is -2.10. The van der Waals surface area contributed by atoms with E-state index >= 15 is 0 Å². The predicted octanol–water partition coefficient (Wildman–Crippen LogP) is 4.57. The van der Waals surface area contributed by atoms with Gasteiger partial charge in [0.05, 0.1) is 11.9 Å². The van der Waals surface area contributed by atoms with Crippen molar-refractivity contribution in [2.45, 2.75) is 43.7 Å².